The van der Waals surface area contributed by atoms with Gasteiger partial charge in [-0.05, 0) is 61.1 Å². The Morgan fingerprint density at radius 3 is 2.81 bits per heavy atom. The van der Waals surface area contributed by atoms with Gasteiger partial charge < -0.3 is 15.4 Å². The first kappa shape index (κ1) is 21.2. The van der Waals surface area contributed by atoms with E-state index >= 15 is 0 Å². The highest BCUT2D eigenvalue weighted by Gasteiger charge is 2.07. The minimum absolute atomic E-state index is 0.154. The molecule has 4 nitrogen and oxygen atoms in total. The van der Waals surface area contributed by atoms with Crippen molar-refractivity contribution in [2.75, 3.05) is 24.2 Å². The zero-order valence-electron chi connectivity index (χ0n) is 15.2. The lowest BCUT2D eigenvalue weighted by atomic mass is 10.2. The molecule has 0 spiro atoms. The van der Waals surface area contributed by atoms with Gasteiger partial charge in [-0.25, -0.2) is 9.18 Å². The minimum Gasteiger partial charge on any atom is -0.462 e. The summed E-state index contributed by atoms with van der Waals surface area (Å²) in [6, 6.07) is 13.9. The van der Waals surface area contributed by atoms with Gasteiger partial charge in [-0.2, -0.15) is 11.8 Å². The van der Waals surface area contributed by atoms with Gasteiger partial charge >= 0.3 is 5.97 Å². The Morgan fingerprint density at radius 1 is 1.22 bits per heavy atom. The second kappa shape index (κ2) is 11.6. The third-order valence-electron chi connectivity index (χ3n) is 3.60. The van der Waals surface area contributed by atoms with E-state index in [9.17, 15) is 9.18 Å². The molecule has 2 N–H and O–H groups in total. The number of nitrogens with one attached hydrogen (secondary N) is 2. The highest BCUT2D eigenvalue weighted by Crippen LogP contribution is 2.16. The molecule has 0 aliphatic heterocycles. The highest BCUT2D eigenvalue weighted by molar-refractivity contribution is 7.98. The number of thioether (sulfide) groups is 1. The van der Waals surface area contributed by atoms with Gasteiger partial charge in [-0.15, -0.1) is 0 Å². The van der Waals surface area contributed by atoms with Crippen molar-refractivity contribution in [1.82, 2.24) is 5.32 Å². The SMILES string of the molecule is CCOC(=O)c1cccc(NC(=S)NCCCSCc2ccccc2F)c1. The monoisotopic (exact) mass is 406 g/mol. The number of benzene rings is 2. The Morgan fingerprint density at radius 2 is 2.04 bits per heavy atom. The van der Waals surface area contributed by atoms with E-state index in [1.54, 1.807) is 43.0 Å². The Labute approximate surface area is 168 Å². The number of rotatable bonds is 9. The standard InChI is InChI=1S/C20H23FN2O2S2/c1-2-25-19(24)15-8-5-9-17(13-15)23-20(26)22-11-6-12-27-14-16-7-3-4-10-18(16)21/h3-5,7-10,13H,2,6,11-12,14H2,1H3,(H2,22,23,26). The van der Waals surface area contributed by atoms with Gasteiger partial charge in [0.05, 0.1) is 12.2 Å². The summed E-state index contributed by atoms with van der Waals surface area (Å²) in [7, 11) is 0. The van der Waals surface area contributed by atoms with E-state index in [-0.39, 0.29) is 11.8 Å². The van der Waals surface area contributed by atoms with Crippen LogP contribution in [-0.4, -0.2) is 30.0 Å². The predicted octanol–water partition coefficient (Wildman–Crippen LogP) is 4.61. The molecule has 0 saturated heterocycles. The van der Waals surface area contributed by atoms with Crippen LogP contribution in [0, 0.1) is 5.82 Å². The average Bonchev–Trinajstić information content (AvgIpc) is 2.66. The third-order valence-corrected chi connectivity index (χ3v) is 4.94. The Balaban J connectivity index is 1.65. The summed E-state index contributed by atoms with van der Waals surface area (Å²) in [5.74, 6) is 1.06. The Kier molecular flexibility index (Phi) is 9.07. The van der Waals surface area contributed by atoms with Crippen LogP contribution in [0.25, 0.3) is 0 Å². The maximum atomic E-state index is 13.5. The smallest absolute Gasteiger partial charge is 0.338 e. The van der Waals surface area contributed by atoms with Crippen LogP contribution in [0.4, 0.5) is 10.1 Å². The topological polar surface area (TPSA) is 50.4 Å². The number of halogens is 1. The highest BCUT2D eigenvalue weighted by atomic mass is 32.2. The van der Waals surface area contributed by atoms with E-state index in [0.29, 0.717) is 29.6 Å². The molecule has 0 aliphatic carbocycles. The van der Waals surface area contributed by atoms with Gasteiger partial charge in [0.1, 0.15) is 5.82 Å². The van der Waals surface area contributed by atoms with Crippen LogP contribution in [0.3, 0.4) is 0 Å². The van der Waals surface area contributed by atoms with E-state index in [0.717, 1.165) is 23.4 Å². The molecular weight excluding hydrogens is 383 g/mol. The second-order valence-corrected chi connectivity index (χ2v) is 7.19. The van der Waals surface area contributed by atoms with Gasteiger partial charge in [-0.1, -0.05) is 24.3 Å². The van der Waals surface area contributed by atoms with E-state index in [1.165, 1.54) is 6.07 Å². The first-order valence-electron chi connectivity index (χ1n) is 8.73. The Hall–Kier alpha value is -2.12. The van der Waals surface area contributed by atoms with Crippen LogP contribution in [0.15, 0.2) is 48.5 Å². The molecular formula is C20H23FN2O2S2. The molecule has 0 unspecified atom stereocenters. The summed E-state index contributed by atoms with van der Waals surface area (Å²) >= 11 is 6.96. The summed E-state index contributed by atoms with van der Waals surface area (Å²) in [4.78, 5) is 11.8. The molecule has 0 saturated carbocycles. The van der Waals surface area contributed by atoms with Gasteiger partial charge in [0.25, 0.3) is 0 Å². The van der Waals surface area contributed by atoms with Crippen molar-refractivity contribution in [3.63, 3.8) is 0 Å². The van der Waals surface area contributed by atoms with Crippen molar-refractivity contribution in [2.45, 2.75) is 19.1 Å². The molecule has 2 aromatic carbocycles. The van der Waals surface area contributed by atoms with E-state index < -0.39 is 0 Å². The van der Waals surface area contributed by atoms with Crippen molar-refractivity contribution in [3.05, 3.63) is 65.5 Å². The van der Waals surface area contributed by atoms with Crippen LogP contribution in [-0.2, 0) is 10.5 Å². The van der Waals surface area contributed by atoms with Crippen LogP contribution in [0.1, 0.15) is 29.3 Å². The predicted molar refractivity (Wildman–Crippen MR) is 114 cm³/mol. The zero-order valence-corrected chi connectivity index (χ0v) is 16.8. The lowest BCUT2D eigenvalue weighted by molar-refractivity contribution is 0.0526. The van der Waals surface area contributed by atoms with E-state index in [2.05, 4.69) is 10.6 Å². The number of ether oxygens (including phenoxy) is 1. The van der Waals surface area contributed by atoms with Crippen LogP contribution >= 0.6 is 24.0 Å². The van der Waals surface area contributed by atoms with E-state index in [1.807, 2.05) is 18.2 Å². The van der Waals surface area contributed by atoms with Crippen LogP contribution < -0.4 is 10.6 Å². The van der Waals surface area contributed by atoms with Gasteiger partial charge in [0.2, 0.25) is 0 Å². The molecule has 0 bridgehead atoms. The number of esters is 1. The summed E-state index contributed by atoms with van der Waals surface area (Å²) in [5.41, 5.74) is 1.94. The first-order valence-corrected chi connectivity index (χ1v) is 10.3. The lowest BCUT2D eigenvalue weighted by Crippen LogP contribution is -2.29. The zero-order chi connectivity index (χ0) is 19.5. The Bertz CT molecular complexity index is 771. The number of thiocarbonyl (C=S) groups is 1. The number of anilines is 1. The summed E-state index contributed by atoms with van der Waals surface area (Å²) < 4.78 is 18.5. The molecule has 7 heteroatoms. The third kappa shape index (κ3) is 7.56. The quantitative estimate of drug-likeness (QED) is 0.360. The molecule has 2 aromatic rings. The normalized spacial score (nSPS) is 10.3. The number of carbonyl (C=O) groups is 1. The van der Waals surface area contributed by atoms with Gasteiger partial charge in [0, 0.05) is 18.0 Å². The maximum Gasteiger partial charge on any atom is 0.338 e. The van der Waals surface area contributed by atoms with Crippen LogP contribution in [0.2, 0.25) is 0 Å². The number of hydrogen-bond donors (Lipinski definition) is 2. The fraction of sp³-hybridized carbons (Fsp3) is 0.300. The van der Waals surface area contributed by atoms with Gasteiger partial charge in [0.15, 0.2) is 5.11 Å². The molecule has 0 radical (unpaired) electrons. The molecule has 0 aliphatic rings. The van der Waals surface area contributed by atoms with Crippen molar-refractivity contribution in [3.8, 4) is 0 Å². The molecule has 27 heavy (non-hydrogen) atoms. The lowest BCUT2D eigenvalue weighted by Gasteiger charge is -2.11. The van der Waals surface area contributed by atoms with Crippen molar-refractivity contribution >= 4 is 40.7 Å². The fourth-order valence-electron chi connectivity index (χ4n) is 2.29. The molecule has 0 amide bonds. The fourth-order valence-corrected chi connectivity index (χ4v) is 3.45. The minimum atomic E-state index is -0.355. The molecule has 0 aromatic heterocycles. The summed E-state index contributed by atoms with van der Waals surface area (Å²) in [6.07, 6.45) is 0.907. The maximum absolute atomic E-state index is 13.5. The van der Waals surface area contributed by atoms with Crippen LogP contribution in [0.5, 0.6) is 0 Å². The van der Waals surface area contributed by atoms with Gasteiger partial charge in [-0.3, -0.25) is 0 Å². The number of carbonyl (C=O) groups excluding carboxylic acids is 1. The number of hydrogen-bond acceptors (Lipinski definition) is 4. The average molecular weight is 407 g/mol. The molecule has 0 heterocycles. The molecule has 0 atom stereocenters. The molecule has 144 valence electrons. The van der Waals surface area contributed by atoms with Crippen molar-refractivity contribution in [2.24, 2.45) is 0 Å². The molecule has 0 fully saturated rings. The summed E-state index contributed by atoms with van der Waals surface area (Å²) in [5, 5.41) is 6.69. The first-order chi connectivity index (χ1) is 13.1. The van der Waals surface area contributed by atoms with E-state index in [4.69, 9.17) is 17.0 Å². The second-order valence-electron chi connectivity index (χ2n) is 5.68. The van der Waals surface area contributed by atoms with Crippen molar-refractivity contribution in [1.29, 1.82) is 0 Å². The largest absolute Gasteiger partial charge is 0.462 e. The summed E-state index contributed by atoms with van der Waals surface area (Å²) in [6.45, 7) is 2.83. The molecule has 2 rings (SSSR count). The van der Waals surface area contributed by atoms with Crippen molar-refractivity contribution < 1.29 is 13.9 Å².